The number of benzene rings is 2. The van der Waals surface area contributed by atoms with Crippen LogP contribution in [0, 0.1) is 0 Å². The van der Waals surface area contributed by atoms with E-state index in [0.717, 1.165) is 0 Å². The van der Waals surface area contributed by atoms with Gasteiger partial charge in [-0.2, -0.15) is 0 Å². The zero-order valence-corrected chi connectivity index (χ0v) is 15.2. The van der Waals surface area contributed by atoms with Crippen molar-refractivity contribution in [2.24, 2.45) is 0 Å². The number of hydrogen-bond donors (Lipinski definition) is 0. The average molecular weight is 312 g/mol. The molecule has 0 fully saturated rings. The van der Waals surface area contributed by atoms with Crippen molar-refractivity contribution in [1.29, 1.82) is 0 Å². The van der Waals surface area contributed by atoms with Gasteiger partial charge >= 0.3 is 0 Å². The van der Waals surface area contributed by atoms with Gasteiger partial charge in [-0.25, -0.2) is 0 Å². The molecular formula is C19H27N2Si. The first-order valence-corrected chi connectivity index (χ1v) is 9.60. The monoisotopic (exact) mass is 311 g/mol. The normalized spacial score (nSPS) is 11.8. The third-order valence-electron chi connectivity index (χ3n) is 4.09. The number of rotatable bonds is 7. The van der Waals surface area contributed by atoms with Gasteiger partial charge in [-0.15, -0.1) is 0 Å². The molecule has 0 N–H and O–H groups in total. The third kappa shape index (κ3) is 4.53. The van der Waals surface area contributed by atoms with Crippen LogP contribution in [0.3, 0.4) is 0 Å². The van der Waals surface area contributed by atoms with Crippen molar-refractivity contribution in [3.8, 4) is 0 Å². The van der Waals surface area contributed by atoms with Crippen LogP contribution in [0.2, 0.25) is 6.04 Å². The molecule has 0 aromatic heterocycles. The summed E-state index contributed by atoms with van der Waals surface area (Å²) in [4.78, 5) is 4.63. The van der Waals surface area contributed by atoms with Gasteiger partial charge in [0.25, 0.3) is 0 Å². The van der Waals surface area contributed by atoms with Gasteiger partial charge in [-0.05, 0) is 40.7 Å². The minimum atomic E-state index is -0.714. The lowest BCUT2D eigenvalue weighted by Crippen LogP contribution is -2.46. The second-order valence-electron chi connectivity index (χ2n) is 6.16. The molecule has 2 aromatic rings. The SMILES string of the molecule is CN(C)C(CC[Si](c1ccccc1)c1ccccc1)N(C)C. The van der Waals surface area contributed by atoms with Crippen LogP contribution in [0.15, 0.2) is 60.7 Å². The molecule has 0 atom stereocenters. The Morgan fingerprint density at radius 1 is 0.727 bits per heavy atom. The van der Waals surface area contributed by atoms with E-state index >= 15 is 0 Å². The topological polar surface area (TPSA) is 6.48 Å². The molecule has 117 valence electrons. The van der Waals surface area contributed by atoms with Gasteiger partial charge < -0.3 is 0 Å². The molecule has 3 heteroatoms. The minimum absolute atomic E-state index is 0.493. The second kappa shape index (κ2) is 8.27. The van der Waals surface area contributed by atoms with E-state index in [1.165, 1.54) is 22.8 Å². The van der Waals surface area contributed by atoms with E-state index in [0.29, 0.717) is 6.17 Å². The summed E-state index contributed by atoms with van der Waals surface area (Å²) in [5, 5.41) is 3.02. The molecule has 0 aliphatic rings. The smallest absolute Gasteiger partial charge is 0.121 e. The highest BCUT2D eigenvalue weighted by Crippen LogP contribution is 2.10. The van der Waals surface area contributed by atoms with E-state index in [1.807, 2.05) is 0 Å². The van der Waals surface area contributed by atoms with Crippen LogP contribution in [0.1, 0.15) is 6.42 Å². The molecular weight excluding hydrogens is 284 g/mol. The predicted molar refractivity (Wildman–Crippen MR) is 98.5 cm³/mol. The molecule has 22 heavy (non-hydrogen) atoms. The molecule has 0 aliphatic heterocycles. The van der Waals surface area contributed by atoms with Gasteiger partial charge in [0.15, 0.2) is 0 Å². The van der Waals surface area contributed by atoms with E-state index in [1.54, 1.807) is 0 Å². The summed E-state index contributed by atoms with van der Waals surface area (Å²) < 4.78 is 0. The summed E-state index contributed by atoms with van der Waals surface area (Å²) in [6.45, 7) is 0. The molecule has 2 rings (SSSR count). The Bertz CT molecular complexity index is 492. The number of nitrogens with zero attached hydrogens (tertiary/aromatic N) is 2. The summed E-state index contributed by atoms with van der Waals surface area (Å²) >= 11 is 0. The van der Waals surface area contributed by atoms with Crippen molar-refractivity contribution < 1.29 is 0 Å². The number of hydrogen-bond acceptors (Lipinski definition) is 2. The van der Waals surface area contributed by atoms with E-state index in [4.69, 9.17) is 0 Å². The highest BCUT2D eigenvalue weighted by Gasteiger charge is 2.21. The Kier molecular flexibility index (Phi) is 6.37. The minimum Gasteiger partial charge on any atom is -0.294 e. The van der Waals surface area contributed by atoms with Gasteiger partial charge in [0.05, 0.1) is 6.17 Å². The lowest BCUT2D eigenvalue weighted by Gasteiger charge is -2.31. The van der Waals surface area contributed by atoms with Gasteiger partial charge in [0, 0.05) is 0 Å². The van der Waals surface area contributed by atoms with Crippen LogP contribution in [-0.4, -0.2) is 53.0 Å². The summed E-state index contributed by atoms with van der Waals surface area (Å²) in [6, 6.07) is 23.3. The van der Waals surface area contributed by atoms with Crippen LogP contribution >= 0.6 is 0 Å². The van der Waals surface area contributed by atoms with Crippen LogP contribution < -0.4 is 10.4 Å². The Balaban J connectivity index is 2.19. The molecule has 0 saturated heterocycles. The van der Waals surface area contributed by atoms with Crippen molar-refractivity contribution in [1.82, 2.24) is 9.80 Å². The van der Waals surface area contributed by atoms with Gasteiger partial charge in [-0.1, -0.05) is 71.0 Å². The maximum absolute atomic E-state index is 2.31. The first-order valence-electron chi connectivity index (χ1n) is 7.89. The molecule has 2 nitrogen and oxygen atoms in total. The van der Waals surface area contributed by atoms with Gasteiger partial charge in [0.2, 0.25) is 0 Å². The van der Waals surface area contributed by atoms with Crippen molar-refractivity contribution in [3.63, 3.8) is 0 Å². The fourth-order valence-corrected chi connectivity index (χ4v) is 5.63. The van der Waals surface area contributed by atoms with Crippen molar-refractivity contribution >= 4 is 19.2 Å². The molecule has 0 heterocycles. The zero-order chi connectivity index (χ0) is 15.9. The van der Waals surface area contributed by atoms with Gasteiger partial charge in [-0.3, -0.25) is 9.80 Å². The molecule has 2 aromatic carbocycles. The standard InChI is InChI=1S/C19H27N2Si/c1-20(2)19(21(3)4)15-16-22(17-11-7-5-8-12-17)18-13-9-6-10-14-18/h5-14,19H,15-16H2,1-4H3. The van der Waals surface area contributed by atoms with E-state index in [-0.39, 0.29) is 0 Å². The molecule has 0 aliphatic carbocycles. The van der Waals surface area contributed by atoms with Crippen LogP contribution in [0.4, 0.5) is 0 Å². The summed E-state index contributed by atoms with van der Waals surface area (Å²) in [5.74, 6) is 0. The first kappa shape index (κ1) is 16.9. The fraction of sp³-hybridized carbons (Fsp3) is 0.368. The summed E-state index contributed by atoms with van der Waals surface area (Å²) in [7, 11) is 7.96. The Morgan fingerprint density at radius 3 is 1.50 bits per heavy atom. The van der Waals surface area contributed by atoms with Crippen LogP contribution in [0.5, 0.6) is 0 Å². The Labute approximate surface area is 137 Å². The second-order valence-corrected chi connectivity index (χ2v) is 8.77. The third-order valence-corrected chi connectivity index (χ3v) is 6.94. The van der Waals surface area contributed by atoms with Crippen LogP contribution in [0.25, 0.3) is 0 Å². The molecule has 1 radical (unpaired) electrons. The van der Waals surface area contributed by atoms with E-state index in [2.05, 4.69) is 98.7 Å². The first-order chi connectivity index (χ1) is 10.6. The quantitative estimate of drug-likeness (QED) is 0.571. The molecule has 0 spiro atoms. The largest absolute Gasteiger partial charge is 0.294 e. The lowest BCUT2D eigenvalue weighted by molar-refractivity contribution is 0.125. The van der Waals surface area contributed by atoms with E-state index in [9.17, 15) is 0 Å². The predicted octanol–water partition coefficient (Wildman–Crippen LogP) is 2.13. The van der Waals surface area contributed by atoms with E-state index < -0.39 is 8.80 Å². The highest BCUT2D eigenvalue weighted by molar-refractivity contribution is 6.85. The van der Waals surface area contributed by atoms with Crippen molar-refractivity contribution in [2.75, 3.05) is 28.2 Å². The summed E-state index contributed by atoms with van der Waals surface area (Å²) in [5.41, 5.74) is 0. The van der Waals surface area contributed by atoms with Crippen LogP contribution in [-0.2, 0) is 0 Å². The highest BCUT2D eigenvalue weighted by atomic mass is 28.3. The zero-order valence-electron chi connectivity index (χ0n) is 14.2. The maximum Gasteiger partial charge on any atom is 0.121 e. The Morgan fingerprint density at radius 2 is 1.14 bits per heavy atom. The lowest BCUT2D eigenvalue weighted by atomic mass is 10.3. The van der Waals surface area contributed by atoms with Crippen molar-refractivity contribution in [3.05, 3.63) is 60.7 Å². The maximum atomic E-state index is 2.31. The molecule has 0 saturated carbocycles. The van der Waals surface area contributed by atoms with Crippen molar-refractivity contribution in [2.45, 2.75) is 18.6 Å². The van der Waals surface area contributed by atoms with Gasteiger partial charge in [0.1, 0.15) is 8.80 Å². The molecule has 0 amide bonds. The molecule has 0 bridgehead atoms. The Hall–Kier alpha value is -1.42. The summed E-state index contributed by atoms with van der Waals surface area (Å²) in [6.07, 6.45) is 1.69. The average Bonchev–Trinajstić information content (AvgIpc) is 2.52. The fourth-order valence-electron chi connectivity index (χ4n) is 2.99. The molecule has 0 unspecified atom stereocenters.